The largest absolute Gasteiger partial charge is 0.342 e. The van der Waals surface area contributed by atoms with E-state index in [2.05, 4.69) is 0 Å². The van der Waals surface area contributed by atoms with Crippen molar-refractivity contribution in [2.24, 2.45) is 11.7 Å². The number of likely N-dealkylation sites (tertiary alicyclic amines) is 1. The normalized spacial score (nSPS) is 43.3. The van der Waals surface area contributed by atoms with Crippen LogP contribution in [0.15, 0.2) is 0 Å². The molecule has 1 aliphatic heterocycles. The minimum atomic E-state index is 0.128. The molecule has 2 fully saturated rings. The van der Waals surface area contributed by atoms with E-state index < -0.39 is 0 Å². The van der Waals surface area contributed by atoms with Crippen LogP contribution >= 0.6 is 0 Å². The first-order valence-corrected chi connectivity index (χ1v) is 4.22. The first kappa shape index (κ1) is 7.10. The summed E-state index contributed by atoms with van der Waals surface area (Å²) in [5.74, 6) is 0.402. The molecule has 11 heavy (non-hydrogen) atoms. The van der Waals surface area contributed by atoms with Gasteiger partial charge in [-0.05, 0) is 19.3 Å². The van der Waals surface area contributed by atoms with Gasteiger partial charge < -0.3 is 10.6 Å². The van der Waals surface area contributed by atoms with E-state index in [-0.39, 0.29) is 17.9 Å². The van der Waals surface area contributed by atoms with Gasteiger partial charge in [0, 0.05) is 19.1 Å². The van der Waals surface area contributed by atoms with E-state index in [0.29, 0.717) is 6.04 Å². The van der Waals surface area contributed by atoms with Crippen molar-refractivity contribution in [3.63, 3.8) is 0 Å². The van der Waals surface area contributed by atoms with E-state index in [9.17, 15) is 4.79 Å². The Morgan fingerprint density at radius 3 is 2.91 bits per heavy atom. The monoisotopic (exact) mass is 154 g/mol. The highest BCUT2D eigenvalue weighted by atomic mass is 16.2. The zero-order valence-corrected chi connectivity index (χ0v) is 6.79. The van der Waals surface area contributed by atoms with Gasteiger partial charge in [-0.1, -0.05) is 0 Å². The van der Waals surface area contributed by atoms with Crippen LogP contribution in [0.3, 0.4) is 0 Å². The molecular weight excluding hydrogens is 140 g/mol. The van der Waals surface area contributed by atoms with Gasteiger partial charge in [0.2, 0.25) is 5.91 Å². The first-order valence-electron chi connectivity index (χ1n) is 4.22. The molecule has 3 heteroatoms. The van der Waals surface area contributed by atoms with Gasteiger partial charge in [-0.2, -0.15) is 0 Å². The number of hydrogen-bond acceptors (Lipinski definition) is 2. The number of fused-ring (bicyclic) bond motifs is 2. The Kier molecular flexibility index (Phi) is 1.42. The summed E-state index contributed by atoms with van der Waals surface area (Å²) in [6.45, 7) is 0. The van der Waals surface area contributed by atoms with Crippen molar-refractivity contribution in [3.05, 3.63) is 0 Å². The molecule has 2 N–H and O–H groups in total. The third-order valence-electron chi connectivity index (χ3n) is 3.09. The summed E-state index contributed by atoms with van der Waals surface area (Å²) in [5, 5.41) is 0. The summed E-state index contributed by atoms with van der Waals surface area (Å²) >= 11 is 0. The fourth-order valence-electron chi connectivity index (χ4n) is 2.25. The van der Waals surface area contributed by atoms with E-state index >= 15 is 0 Å². The molecule has 0 aromatic heterocycles. The summed E-state index contributed by atoms with van der Waals surface area (Å²) in [5.41, 5.74) is 5.82. The van der Waals surface area contributed by atoms with Crippen molar-refractivity contribution in [2.45, 2.75) is 31.3 Å². The van der Waals surface area contributed by atoms with Crippen LogP contribution < -0.4 is 5.73 Å². The molecule has 1 amide bonds. The van der Waals surface area contributed by atoms with Crippen LogP contribution in [0.5, 0.6) is 0 Å². The quantitative estimate of drug-likeness (QED) is 0.532. The number of carbonyl (C=O) groups is 1. The van der Waals surface area contributed by atoms with Gasteiger partial charge in [-0.25, -0.2) is 0 Å². The molecule has 0 aromatic carbocycles. The minimum absolute atomic E-state index is 0.128. The average molecular weight is 154 g/mol. The van der Waals surface area contributed by atoms with Gasteiger partial charge in [0.15, 0.2) is 0 Å². The SMILES string of the molecule is CN1C(=O)[C@@H]2C[C@H]1CC[C@@H]2N. The molecule has 0 radical (unpaired) electrons. The summed E-state index contributed by atoms with van der Waals surface area (Å²) in [4.78, 5) is 13.3. The third kappa shape index (κ3) is 0.872. The number of carbonyl (C=O) groups excluding carboxylic acids is 1. The van der Waals surface area contributed by atoms with E-state index in [1.807, 2.05) is 11.9 Å². The minimum Gasteiger partial charge on any atom is -0.342 e. The summed E-state index contributed by atoms with van der Waals surface area (Å²) < 4.78 is 0. The van der Waals surface area contributed by atoms with Crippen LogP contribution in [-0.2, 0) is 4.79 Å². The van der Waals surface area contributed by atoms with E-state index in [1.54, 1.807) is 0 Å². The van der Waals surface area contributed by atoms with Crippen LogP contribution in [0, 0.1) is 5.92 Å². The smallest absolute Gasteiger partial charge is 0.227 e. The summed E-state index contributed by atoms with van der Waals surface area (Å²) in [6, 6.07) is 0.621. The highest BCUT2D eigenvalue weighted by Gasteiger charge is 2.43. The highest BCUT2D eigenvalue weighted by Crippen LogP contribution is 2.34. The maximum atomic E-state index is 11.4. The van der Waals surface area contributed by atoms with Crippen LogP contribution in [0.2, 0.25) is 0 Å². The molecular formula is C8H14N2O. The van der Waals surface area contributed by atoms with E-state index in [4.69, 9.17) is 5.73 Å². The molecule has 2 rings (SSSR count). The Bertz CT molecular complexity index is 193. The molecule has 3 nitrogen and oxygen atoms in total. The van der Waals surface area contributed by atoms with Crippen molar-refractivity contribution >= 4 is 5.91 Å². The molecule has 0 aromatic rings. The van der Waals surface area contributed by atoms with Gasteiger partial charge in [0.1, 0.15) is 0 Å². The predicted molar refractivity (Wildman–Crippen MR) is 41.9 cm³/mol. The molecule has 2 bridgehead atoms. The molecule has 2 aliphatic rings. The number of amides is 1. The second kappa shape index (κ2) is 2.21. The number of nitrogens with zero attached hydrogens (tertiary/aromatic N) is 1. The van der Waals surface area contributed by atoms with Crippen molar-refractivity contribution in [2.75, 3.05) is 7.05 Å². The number of hydrogen-bond donors (Lipinski definition) is 1. The van der Waals surface area contributed by atoms with E-state index in [0.717, 1.165) is 19.3 Å². The molecule has 1 saturated carbocycles. The second-order valence-electron chi connectivity index (χ2n) is 3.69. The lowest BCUT2D eigenvalue weighted by molar-refractivity contribution is -0.130. The maximum Gasteiger partial charge on any atom is 0.227 e. The van der Waals surface area contributed by atoms with E-state index in [1.165, 1.54) is 0 Å². The Hall–Kier alpha value is -0.570. The Labute approximate surface area is 66.5 Å². The van der Waals surface area contributed by atoms with Gasteiger partial charge in [0.25, 0.3) is 0 Å². The Balaban J connectivity index is 2.22. The first-order chi connectivity index (χ1) is 5.20. The van der Waals surface area contributed by atoms with Crippen LogP contribution in [0.1, 0.15) is 19.3 Å². The molecule has 3 atom stereocenters. The Morgan fingerprint density at radius 2 is 2.27 bits per heavy atom. The van der Waals surface area contributed by atoms with Gasteiger partial charge >= 0.3 is 0 Å². The molecule has 1 saturated heterocycles. The lowest BCUT2D eigenvalue weighted by Gasteiger charge is -2.23. The van der Waals surface area contributed by atoms with Crippen LogP contribution in [0.4, 0.5) is 0 Å². The van der Waals surface area contributed by atoms with Gasteiger partial charge in [0.05, 0.1) is 5.92 Å². The fourth-order valence-corrected chi connectivity index (χ4v) is 2.25. The maximum absolute atomic E-state index is 11.4. The van der Waals surface area contributed by atoms with Gasteiger partial charge in [-0.15, -0.1) is 0 Å². The number of rotatable bonds is 0. The molecule has 0 unspecified atom stereocenters. The fraction of sp³-hybridized carbons (Fsp3) is 0.875. The zero-order valence-electron chi connectivity index (χ0n) is 6.79. The van der Waals surface area contributed by atoms with Crippen molar-refractivity contribution in [3.8, 4) is 0 Å². The van der Waals surface area contributed by atoms with Crippen molar-refractivity contribution in [1.82, 2.24) is 4.90 Å². The zero-order chi connectivity index (χ0) is 8.01. The number of nitrogens with two attached hydrogens (primary N) is 1. The van der Waals surface area contributed by atoms with Crippen LogP contribution in [-0.4, -0.2) is 29.9 Å². The lowest BCUT2D eigenvalue weighted by atomic mass is 9.86. The third-order valence-corrected chi connectivity index (χ3v) is 3.09. The van der Waals surface area contributed by atoms with Crippen LogP contribution in [0.25, 0.3) is 0 Å². The Morgan fingerprint density at radius 1 is 1.55 bits per heavy atom. The average Bonchev–Trinajstić information content (AvgIpc) is 2.24. The molecule has 1 aliphatic carbocycles. The second-order valence-corrected chi connectivity index (χ2v) is 3.69. The van der Waals surface area contributed by atoms with Crippen molar-refractivity contribution < 1.29 is 4.79 Å². The topological polar surface area (TPSA) is 46.3 Å². The molecule has 62 valence electrons. The predicted octanol–water partition coefficient (Wildman–Crippen LogP) is -0.0456. The summed E-state index contributed by atoms with van der Waals surface area (Å²) in [7, 11) is 1.89. The lowest BCUT2D eigenvalue weighted by Crippen LogP contribution is -2.35. The molecule has 1 heterocycles. The highest BCUT2D eigenvalue weighted by molar-refractivity contribution is 5.82. The summed E-state index contributed by atoms with van der Waals surface area (Å²) in [6.07, 6.45) is 3.11. The van der Waals surface area contributed by atoms with Gasteiger partial charge in [-0.3, -0.25) is 4.79 Å². The molecule has 0 spiro atoms. The standard InChI is InChI=1S/C8H14N2O/c1-10-5-2-3-7(9)6(4-5)8(10)11/h5-7H,2-4,9H2,1H3/t5-,6-,7+/m1/s1. The van der Waals surface area contributed by atoms with Crippen molar-refractivity contribution in [1.29, 1.82) is 0 Å².